The highest BCUT2D eigenvalue weighted by Gasteiger charge is 2.17. The van der Waals surface area contributed by atoms with Gasteiger partial charge >= 0.3 is 0 Å². The summed E-state index contributed by atoms with van der Waals surface area (Å²) in [6.45, 7) is 3.26. The zero-order valence-electron chi connectivity index (χ0n) is 10.6. The molecule has 0 radical (unpaired) electrons. The predicted molar refractivity (Wildman–Crippen MR) is 72.5 cm³/mol. The molecule has 1 aromatic heterocycles. The molecule has 4 nitrogen and oxygen atoms in total. The maximum atomic E-state index is 4.32. The van der Waals surface area contributed by atoms with E-state index in [-0.39, 0.29) is 0 Å². The van der Waals surface area contributed by atoms with Gasteiger partial charge in [-0.15, -0.1) is 0 Å². The second-order valence-corrected chi connectivity index (χ2v) is 5.01. The zero-order chi connectivity index (χ0) is 12.4. The predicted octanol–water partition coefficient (Wildman–Crippen LogP) is 1.08. The standard InChI is InChI=1S/C14H18N4/c1-18-7-6-15-13(10-18)9-12-8-11-4-2-3-5-14(11)17-16-12/h2-5,8,13,15H,6-7,9-10H2,1H3. The fraction of sp³-hybridized carbons (Fsp3) is 0.429. The smallest absolute Gasteiger partial charge is 0.0929 e. The van der Waals surface area contributed by atoms with Crippen LogP contribution >= 0.6 is 0 Å². The highest BCUT2D eigenvalue weighted by atomic mass is 15.2. The van der Waals surface area contributed by atoms with Gasteiger partial charge in [-0.25, -0.2) is 0 Å². The lowest BCUT2D eigenvalue weighted by Gasteiger charge is -2.30. The van der Waals surface area contributed by atoms with Crippen LogP contribution in [0.15, 0.2) is 30.3 Å². The van der Waals surface area contributed by atoms with Crippen LogP contribution in [0, 0.1) is 0 Å². The second-order valence-electron chi connectivity index (χ2n) is 5.01. The molecular weight excluding hydrogens is 224 g/mol. The Morgan fingerprint density at radius 3 is 3.11 bits per heavy atom. The minimum absolute atomic E-state index is 0.485. The fourth-order valence-electron chi connectivity index (χ4n) is 2.51. The van der Waals surface area contributed by atoms with Crippen LogP contribution < -0.4 is 5.32 Å². The summed E-state index contributed by atoms with van der Waals surface area (Å²) >= 11 is 0. The Morgan fingerprint density at radius 1 is 1.33 bits per heavy atom. The summed E-state index contributed by atoms with van der Waals surface area (Å²) in [5, 5.41) is 13.3. The van der Waals surface area contributed by atoms with Gasteiger partial charge in [0.2, 0.25) is 0 Å². The van der Waals surface area contributed by atoms with Gasteiger partial charge in [-0.3, -0.25) is 0 Å². The van der Waals surface area contributed by atoms with Gasteiger partial charge < -0.3 is 10.2 Å². The second kappa shape index (κ2) is 5.00. The summed E-state index contributed by atoms with van der Waals surface area (Å²) in [4.78, 5) is 2.36. The topological polar surface area (TPSA) is 41.0 Å². The van der Waals surface area contributed by atoms with Crippen molar-refractivity contribution in [1.82, 2.24) is 20.4 Å². The lowest BCUT2D eigenvalue weighted by Crippen LogP contribution is -2.50. The molecule has 0 saturated carbocycles. The van der Waals surface area contributed by atoms with E-state index in [9.17, 15) is 0 Å². The van der Waals surface area contributed by atoms with Crippen LogP contribution in [-0.2, 0) is 6.42 Å². The van der Waals surface area contributed by atoms with Gasteiger partial charge in [0.1, 0.15) is 0 Å². The van der Waals surface area contributed by atoms with Crippen LogP contribution in [-0.4, -0.2) is 47.8 Å². The molecule has 0 bridgehead atoms. The molecule has 1 fully saturated rings. The highest BCUT2D eigenvalue weighted by Crippen LogP contribution is 2.12. The molecule has 0 aliphatic carbocycles. The van der Waals surface area contributed by atoms with E-state index in [1.54, 1.807) is 0 Å². The number of benzene rings is 1. The Bertz CT molecular complexity index is 540. The number of rotatable bonds is 2. The number of fused-ring (bicyclic) bond motifs is 1. The molecule has 1 aromatic carbocycles. The monoisotopic (exact) mass is 242 g/mol. The first-order chi connectivity index (χ1) is 8.81. The number of nitrogens with one attached hydrogen (secondary N) is 1. The summed E-state index contributed by atoms with van der Waals surface area (Å²) in [6, 6.07) is 10.8. The van der Waals surface area contributed by atoms with Crippen molar-refractivity contribution in [3.8, 4) is 0 Å². The van der Waals surface area contributed by atoms with Crippen LogP contribution in [0.1, 0.15) is 5.69 Å². The van der Waals surface area contributed by atoms with Gasteiger partial charge in [-0.1, -0.05) is 18.2 Å². The molecule has 0 amide bonds. The summed E-state index contributed by atoms with van der Waals surface area (Å²) in [5.74, 6) is 0. The average molecular weight is 242 g/mol. The van der Waals surface area contributed by atoms with Crippen molar-refractivity contribution in [1.29, 1.82) is 0 Å². The molecule has 1 saturated heterocycles. The van der Waals surface area contributed by atoms with Crippen molar-refractivity contribution < 1.29 is 0 Å². The molecule has 1 atom stereocenters. The molecule has 94 valence electrons. The normalized spacial score (nSPS) is 21.3. The van der Waals surface area contributed by atoms with Crippen molar-refractivity contribution in [3.05, 3.63) is 36.0 Å². The van der Waals surface area contributed by atoms with E-state index in [0.29, 0.717) is 6.04 Å². The quantitative estimate of drug-likeness (QED) is 0.855. The summed E-state index contributed by atoms with van der Waals surface area (Å²) in [6.07, 6.45) is 0.947. The number of nitrogens with zero attached hydrogens (tertiary/aromatic N) is 3. The molecule has 1 aliphatic heterocycles. The van der Waals surface area contributed by atoms with Crippen LogP contribution in [0.2, 0.25) is 0 Å². The Balaban J connectivity index is 1.78. The minimum atomic E-state index is 0.485. The first kappa shape index (κ1) is 11.6. The third kappa shape index (κ3) is 2.49. The van der Waals surface area contributed by atoms with E-state index in [4.69, 9.17) is 0 Å². The number of hydrogen-bond acceptors (Lipinski definition) is 4. The van der Waals surface area contributed by atoms with Gasteiger partial charge in [-0.2, -0.15) is 10.2 Å². The Morgan fingerprint density at radius 2 is 2.22 bits per heavy atom. The lowest BCUT2D eigenvalue weighted by molar-refractivity contribution is 0.237. The van der Waals surface area contributed by atoms with Crippen molar-refractivity contribution in [3.63, 3.8) is 0 Å². The molecular formula is C14H18N4. The van der Waals surface area contributed by atoms with E-state index in [0.717, 1.165) is 37.3 Å². The van der Waals surface area contributed by atoms with Gasteiger partial charge in [0.05, 0.1) is 11.2 Å². The highest BCUT2D eigenvalue weighted by molar-refractivity contribution is 5.77. The molecule has 0 spiro atoms. The largest absolute Gasteiger partial charge is 0.311 e. The number of likely N-dealkylation sites (N-methyl/N-ethyl adjacent to an activating group) is 1. The van der Waals surface area contributed by atoms with Gasteiger partial charge in [0.15, 0.2) is 0 Å². The summed E-state index contributed by atoms with van der Waals surface area (Å²) in [7, 11) is 2.17. The van der Waals surface area contributed by atoms with E-state index >= 15 is 0 Å². The van der Waals surface area contributed by atoms with Crippen LogP contribution in [0.25, 0.3) is 10.9 Å². The third-order valence-electron chi connectivity index (χ3n) is 3.46. The molecule has 1 N–H and O–H groups in total. The molecule has 1 unspecified atom stereocenters. The summed E-state index contributed by atoms with van der Waals surface area (Å²) in [5.41, 5.74) is 2.04. The lowest BCUT2D eigenvalue weighted by atomic mass is 10.1. The number of hydrogen-bond donors (Lipinski definition) is 1. The van der Waals surface area contributed by atoms with Crippen LogP contribution in [0.4, 0.5) is 0 Å². The first-order valence-corrected chi connectivity index (χ1v) is 6.44. The fourth-order valence-corrected chi connectivity index (χ4v) is 2.51. The molecule has 3 rings (SSSR count). The maximum Gasteiger partial charge on any atom is 0.0929 e. The Labute approximate surface area is 107 Å². The molecule has 1 aliphatic rings. The van der Waals surface area contributed by atoms with E-state index in [1.165, 1.54) is 5.39 Å². The van der Waals surface area contributed by atoms with Gasteiger partial charge in [0, 0.05) is 37.5 Å². The van der Waals surface area contributed by atoms with Crippen molar-refractivity contribution in [2.24, 2.45) is 0 Å². The zero-order valence-corrected chi connectivity index (χ0v) is 10.6. The van der Waals surface area contributed by atoms with E-state index in [2.05, 4.69) is 39.6 Å². The van der Waals surface area contributed by atoms with Gasteiger partial charge in [-0.05, 0) is 19.2 Å². The molecule has 18 heavy (non-hydrogen) atoms. The van der Waals surface area contributed by atoms with Crippen LogP contribution in [0.5, 0.6) is 0 Å². The number of piperazine rings is 1. The van der Waals surface area contributed by atoms with Crippen molar-refractivity contribution in [2.75, 3.05) is 26.7 Å². The average Bonchev–Trinajstić information content (AvgIpc) is 2.39. The van der Waals surface area contributed by atoms with E-state index < -0.39 is 0 Å². The maximum absolute atomic E-state index is 4.32. The molecule has 2 heterocycles. The Hall–Kier alpha value is -1.52. The minimum Gasteiger partial charge on any atom is -0.311 e. The third-order valence-corrected chi connectivity index (χ3v) is 3.46. The first-order valence-electron chi connectivity index (χ1n) is 6.44. The van der Waals surface area contributed by atoms with Gasteiger partial charge in [0.25, 0.3) is 0 Å². The molecule has 2 aromatic rings. The van der Waals surface area contributed by atoms with E-state index in [1.807, 2.05) is 18.2 Å². The molecule has 4 heteroatoms. The van der Waals surface area contributed by atoms with Crippen molar-refractivity contribution >= 4 is 10.9 Å². The SMILES string of the molecule is CN1CCNC(Cc2cc3ccccc3nn2)C1. The van der Waals surface area contributed by atoms with Crippen LogP contribution in [0.3, 0.4) is 0 Å². The Kier molecular flexibility index (Phi) is 3.21. The number of aromatic nitrogens is 2. The summed E-state index contributed by atoms with van der Waals surface area (Å²) < 4.78 is 0. The van der Waals surface area contributed by atoms with Crippen molar-refractivity contribution in [2.45, 2.75) is 12.5 Å².